The second kappa shape index (κ2) is 6.88. The van der Waals surface area contributed by atoms with Gasteiger partial charge in [-0.1, -0.05) is 18.2 Å². The Morgan fingerprint density at radius 1 is 1.07 bits per heavy atom. The maximum atomic E-state index is 13.7. The molecule has 2 aliphatic heterocycles. The maximum absolute atomic E-state index is 13.7. The smallest absolute Gasteiger partial charge is 0.378 e. The molecule has 0 N–H and O–H groups in total. The van der Waals surface area contributed by atoms with Crippen LogP contribution < -0.4 is 15.4 Å². The van der Waals surface area contributed by atoms with Gasteiger partial charge >= 0.3 is 6.18 Å². The molecule has 2 aromatic rings. The van der Waals surface area contributed by atoms with E-state index >= 15 is 0 Å². The van der Waals surface area contributed by atoms with Gasteiger partial charge < -0.3 is 9.64 Å². The highest BCUT2D eigenvalue weighted by Crippen LogP contribution is 2.39. The van der Waals surface area contributed by atoms with Crippen LogP contribution in [-0.2, 0) is 11.3 Å². The standard InChI is InChI=1S/C18H19F3N4O2/c19-18(20,21)14-6-7-24-16(26)12-15(23-8-10-27-11-9-23)22-17(24)25(14)13-4-2-1-3-5-13/h1-5,12,14H,6-11H2. The van der Waals surface area contributed by atoms with Gasteiger partial charge in [-0.3, -0.25) is 14.3 Å². The van der Waals surface area contributed by atoms with Crippen molar-refractivity contribution in [2.45, 2.75) is 25.2 Å². The minimum absolute atomic E-state index is 0.0158. The number of ether oxygens (including phenoxy) is 1. The summed E-state index contributed by atoms with van der Waals surface area (Å²) in [7, 11) is 0. The fourth-order valence-corrected chi connectivity index (χ4v) is 3.54. The second-order valence-corrected chi connectivity index (χ2v) is 6.56. The molecule has 0 spiro atoms. The third-order valence-electron chi connectivity index (χ3n) is 4.88. The summed E-state index contributed by atoms with van der Waals surface area (Å²) in [5, 5.41) is 0. The molecule has 27 heavy (non-hydrogen) atoms. The Bertz CT molecular complexity index is 863. The highest BCUT2D eigenvalue weighted by molar-refractivity contribution is 5.61. The fourth-order valence-electron chi connectivity index (χ4n) is 3.54. The van der Waals surface area contributed by atoms with Crippen LogP contribution in [0.3, 0.4) is 0 Å². The molecule has 0 aliphatic carbocycles. The number of aromatic nitrogens is 2. The quantitative estimate of drug-likeness (QED) is 0.802. The monoisotopic (exact) mass is 380 g/mol. The Hall–Kier alpha value is -2.55. The molecule has 1 saturated heterocycles. The van der Waals surface area contributed by atoms with Gasteiger partial charge in [0.25, 0.3) is 5.56 Å². The molecular formula is C18H19F3N4O2. The van der Waals surface area contributed by atoms with Gasteiger partial charge in [-0.15, -0.1) is 0 Å². The Kier molecular flexibility index (Phi) is 4.55. The third kappa shape index (κ3) is 3.39. The molecule has 1 aromatic carbocycles. The molecule has 1 fully saturated rings. The average Bonchev–Trinajstić information content (AvgIpc) is 2.67. The van der Waals surface area contributed by atoms with Crippen molar-refractivity contribution in [3.8, 4) is 0 Å². The van der Waals surface area contributed by atoms with Crippen molar-refractivity contribution < 1.29 is 17.9 Å². The van der Waals surface area contributed by atoms with Crippen LogP contribution in [0.25, 0.3) is 0 Å². The van der Waals surface area contributed by atoms with E-state index in [4.69, 9.17) is 4.74 Å². The highest BCUT2D eigenvalue weighted by atomic mass is 19.4. The molecule has 3 heterocycles. The van der Waals surface area contributed by atoms with Crippen molar-refractivity contribution in [2.75, 3.05) is 36.1 Å². The number of hydrogen-bond acceptors (Lipinski definition) is 5. The average molecular weight is 380 g/mol. The number of anilines is 3. The molecule has 4 rings (SSSR count). The first kappa shape index (κ1) is 17.8. The van der Waals surface area contributed by atoms with Crippen LogP contribution in [0, 0.1) is 0 Å². The van der Waals surface area contributed by atoms with Gasteiger partial charge in [0.1, 0.15) is 11.9 Å². The van der Waals surface area contributed by atoms with Crippen LogP contribution in [0.15, 0.2) is 41.2 Å². The van der Waals surface area contributed by atoms with Crippen LogP contribution in [0.2, 0.25) is 0 Å². The summed E-state index contributed by atoms with van der Waals surface area (Å²) in [5.41, 5.74) is 0.0161. The van der Waals surface area contributed by atoms with Crippen LogP contribution in [0.4, 0.5) is 30.6 Å². The molecule has 0 saturated carbocycles. The maximum Gasteiger partial charge on any atom is 0.409 e. The molecular weight excluding hydrogens is 361 g/mol. The number of benzene rings is 1. The lowest BCUT2D eigenvalue weighted by Gasteiger charge is -2.39. The number of morpholine rings is 1. The molecule has 144 valence electrons. The lowest BCUT2D eigenvalue weighted by atomic mass is 10.1. The van der Waals surface area contributed by atoms with Crippen LogP contribution in [0.5, 0.6) is 0 Å². The van der Waals surface area contributed by atoms with Gasteiger partial charge in [-0.2, -0.15) is 18.2 Å². The van der Waals surface area contributed by atoms with Crippen molar-refractivity contribution in [3.63, 3.8) is 0 Å². The fraction of sp³-hybridized carbons (Fsp3) is 0.444. The molecule has 9 heteroatoms. The van der Waals surface area contributed by atoms with E-state index in [1.807, 2.05) is 4.90 Å². The van der Waals surface area contributed by atoms with E-state index in [0.29, 0.717) is 37.8 Å². The van der Waals surface area contributed by atoms with Crippen molar-refractivity contribution >= 4 is 17.5 Å². The molecule has 1 aromatic heterocycles. The van der Waals surface area contributed by atoms with E-state index in [2.05, 4.69) is 4.98 Å². The van der Waals surface area contributed by atoms with Crippen molar-refractivity contribution in [1.29, 1.82) is 0 Å². The zero-order chi connectivity index (χ0) is 19.0. The molecule has 0 amide bonds. The van der Waals surface area contributed by atoms with E-state index in [0.717, 1.165) is 4.90 Å². The summed E-state index contributed by atoms with van der Waals surface area (Å²) in [6.07, 6.45) is -4.64. The summed E-state index contributed by atoms with van der Waals surface area (Å²) in [6, 6.07) is 7.94. The number of rotatable bonds is 2. The highest BCUT2D eigenvalue weighted by Gasteiger charge is 2.47. The van der Waals surface area contributed by atoms with Gasteiger partial charge in [0.2, 0.25) is 5.95 Å². The molecule has 0 bridgehead atoms. The van der Waals surface area contributed by atoms with Gasteiger partial charge in [-0.05, 0) is 18.6 Å². The molecule has 0 radical (unpaired) electrons. The van der Waals surface area contributed by atoms with Gasteiger partial charge in [0, 0.05) is 31.4 Å². The Morgan fingerprint density at radius 2 is 1.78 bits per heavy atom. The van der Waals surface area contributed by atoms with E-state index in [1.165, 1.54) is 10.6 Å². The molecule has 2 aliphatic rings. The first-order valence-corrected chi connectivity index (χ1v) is 8.81. The van der Waals surface area contributed by atoms with Crippen molar-refractivity contribution in [3.05, 3.63) is 46.8 Å². The molecule has 1 unspecified atom stereocenters. The number of hydrogen-bond donors (Lipinski definition) is 0. The Morgan fingerprint density at radius 3 is 2.44 bits per heavy atom. The van der Waals surface area contributed by atoms with Gasteiger partial charge in [0.05, 0.1) is 13.2 Å². The topological polar surface area (TPSA) is 50.6 Å². The van der Waals surface area contributed by atoms with E-state index in [9.17, 15) is 18.0 Å². The third-order valence-corrected chi connectivity index (χ3v) is 4.88. The minimum Gasteiger partial charge on any atom is -0.378 e. The van der Waals surface area contributed by atoms with Crippen LogP contribution >= 0.6 is 0 Å². The van der Waals surface area contributed by atoms with Crippen molar-refractivity contribution in [1.82, 2.24) is 9.55 Å². The Balaban J connectivity index is 1.85. The second-order valence-electron chi connectivity index (χ2n) is 6.56. The van der Waals surface area contributed by atoms with Crippen LogP contribution in [0.1, 0.15) is 6.42 Å². The predicted octanol–water partition coefficient (Wildman–Crippen LogP) is 2.55. The zero-order valence-corrected chi connectivity index (χ0v) is 14.5. The van der Waals surface area contributed by atoms with E-state index < -0.39 is 12.2 Å². The lowest BCUT2D eigenvalue weighted by Crippen LogP contribution is -2.50. The SMILES string of the molecule is O=c1cc(N2CCOCC2)nc2n1CCC(C(F)(F)F)N2c1ccccc1. The zero-order valence-electron chi connectivity index (χ0n) is 14.5. The summed E-state index contributed by atoms with van der Waals surface area (Å²) in [6.45, 7) is 2.06. The molecule has 1 atom stereocenters. The van der Waals surface area contributed by atoms with E-state index in [-0.39, 0.29) is 24.5 Å². The number of nitrogens with zero attached hydrogens (tertiary/aromatic N) is 4. The summed E-state index contributed by atoms with van der Waals surface area (Å²) in [5.74, 6) is 0.419. The predicted molar refractivity (Wildman–Crippen MR) is 94.6 cm³/mol. The Labute approximate surface area is 153 Å². The van der Waals surface area contributed by atoms with Crippen LogP contribution in [-0.4, -0.2) is 48.1 Å². The number of para-hydroxylation sites is 1. The summed E-state index contributed by atoms with van der Waals surface area (Å²) < 4.78 is 47.9. The first-order valence-electron chi connectivity index (χ1n) is 8.81. The normalized spacial score (nSPS) is 20.5. The number of halogens is 3. The number of fused-ring (bicyclic) bond motifs is 1. The lowest BCUT2D eigenvalue weighted by molar-refractivity contribution is -0.150. The first-order chi connectivity index (χ1) is 12.9. The summed E-state index contributed by atoms with van der Waals surface area (Å²) in [4.78, 5) is 20.1. The largest absolute Gasteiger partial charge is 0.409 e. The summed E-state index contributed by atoms with van der Waals surface area (Å²) >= 11 is 0. The van der Waals surface area contributed by atoms with Gasteiger partial charge in [0.15, 0.2) is 0 Å². The van der Waals surface area contributed by atoms with Gasteiger partial charge in [-0.25, -0.2) is 0 Å². The van der Waals surface area contributed by atoms with E-state index in [1.54, 1.807) is 30.3 Å². The van der Waals surface area contributed by atoms with Crippen molar-refractivity contribution in [2.24, 2.45) is 0 Å². The minimum atomic E-state index is -4.44. The number of alkyl halides is 3. The molecule has 6 nitrogen and oxygen atoms in total.